The van der Waals surface area contributed by atoms with Gasteiger partial charge in [0.05, 0.1) is 10.4 Å². The highest BCUT2D eigenvalue weighted by Crippen LogP contribution is 2.31. The first kappa shape index (κ1) is 20.4. The Morgan fingerprint density at radius 3 is 2.54 bits per heavy atom. The fourth-order valence-electron chi connectivity index (χ4n) is 3.03. The minimum absolute atomic E-state index is 0.138. The molecule has 0 atom stereocenters. The summed E-state index contributed by atoms with van der Waals surface area (Å²) in [4.78, 5) is 2.14. The number of aromatic nitrogens is 1. The second-order valence-electron chi connectivity index (χ2n) is 7.33. The molecule has 0 N–H and O–H groups in total. The Morgan fingerprint density at radius 2 is 1.86 bits per heavy atom. The highest BCUT2D eigenvalue weighted by molar-refractivity contribution is 7.90. The number of halogens is 1. The van der Waals surface area contributed by atoms with E-state index in [9.17, 15) is 12.8 Å². The van der Waals surface area contributed by atoms with Crippen LogP contribution in [-0.2, 0) is 10.0 Å². The number of hydrogen-bond acceptors (Lipinski definition) is 4. The molecule has 0 aliphatic rings. The lowest BCUT2D eigenvalue weighted by Crippen LogP contribution is -2.20. The minimum atomic E-state index is -3.84. The van der Waals surface area contributed by atoms with E-state index >= 15 is 0 Å². The third kappa shape index (κ3) is 4.05. The molecule has 1 aromatic heterocycles. The van der Waals surface area contributed by atoms with E-state index in [1.165, 1.54) is 28.4 Å². The lowest BCUT2D eigenvalue weighted by Gasteiger charge is -2.17. The van der Waals surface area contributed by atoms with Crippen molar-refractivity contribution in [2.24, 2.45) is 0 Å². The van der Waals surface area contributed by atoms with Gasteiger partial charge in [0, 0.05) is 24.2 Å². The summed E-state index contributed by atoms with van der Waals surface area (Å²) < 4.78 is 46.9. The first-order chi connectivity index (χ1) is 13.2. The number of rotatable bonds is 7. The Labute approximate surface area is 165 Å². The summed E-state index contributed by atoms with van der Waals surface area (Å²) in [6.07, 6.45) is 1.45. The zero-order valence-corrected chi connectivity index (χ0v) is 17.3. The highest BCUT2D eigenvalue weighted by atomic mass is 32.2. The summed E-state index contributed by atoms with van der Waals surface area (Å²) in [5.41, 5.74) is 1.39. The maximum atomic E-state index is 13.4. The van der Waals surface area contributed by atoms with E-state index in [1.54, 1.807) is 24.3 Å². The van der Waals surface area contributed by atoms with Crippen molar-refractivity contribution in [2.45, 2.75) is 24.7 Å². The summed E-state index contributed by atoms with van der Waals surface area (Å²) in [5, 5.41) is 0.532. The first-order valence-corrected chi connectivity index (χ1v) is 10.6. The quantitative estimate of drug-likeness (QED) is 0.595. The Hall–Kier alpha value is -2.38. The van der Waals surface area contributed by atoms with Gasteiger partial charge in [-0.1, -0.05) is 19.9 Å². The van der Waals surface area contributed by atoms with Gasteiger partial charge in [-0.2, -0.15) is 0 Å². The standard InChI is InChI=1S/C21H25FN2O3S/c1-15(2)19-7-6-18(14-21(19)27-12-11-23(3)4)28(25,26)24-10-9-16-13-17(22)5-8-20(16)24/h5-10,13-15H,11-12H2,1-4H3. The van der Waals surface area contributed by atoms with Gasteiger partial charge in [-0.05, 0) is 55.9 Å². The molecular weight excluding hydrogens is 379 g/mol. The van der Waals surface area contributed by atoms with Crippen LogP contribution in [0.2, 0.25) is 0 Å². The topological polar surface area (TPSA) is 51.5 Å². The van der Waals surface area contributed by atoms with Crippen molar-refractivity contribution in [2.75, 3.05) is 27.2 Å². The average Bonchev–Trinajstić information content (AvgIpc) is 3.04. The van der Waals surface area contributed by atoms with Crippen molar-refractivity contribution >= 4 is 20.9 Å². The first-order valence-electron chi connectivity index (χ1n) is 9.14. The average molecular weight is 405 g/mol. The van der Waals surface area contributed by atoms with E-state index in [0.29, 0.717) is 23.3 Å². The lowest BCUT2D eigenvalue weighted by atomic mass is 10.0. The summed E-state index contributed by atoms with van der Waals surface area (Å²) in [5.74, 6) is 0.363. The van der Waals surface area contributed by atoms with E-state index in [2.05, 4.69) is 0 Å². The van der Waals surface area contributed by atoms with Crippen LogP contribution in [0.25, 0.3) is 10.9 Å². The van der Waals surface area contributed by atoms with Crippen LogP contribution in [0.15, 0.2) is 53.6 Å². The van der Waals surface area contributed by atoms with Crippen molar-refractivity contribution in [3.8, 4) is 5.75 Å². The van der Waals surface area contributed by atoms with Gasteiger partial charge in [-0.3, -0.25) is 0 Å². The molecule has 5 nitrogen and oxygen atoms in total. The summed E-state index contributed by atoms with van der Waals surface area (Å²) >= 11 is 0. The number of nitrogens with zero attached hydrogens (tertiary/aromatic N) is 2. The van der Waals surface area contributed by atoms with Crippen LogP contribution in [0, 0.1) is 5.82 Å². The molecule has 28 heavy (non-hydrogen) atoms. The van der Waals surface area contributed by atoms with Gasteiger partial charge in [0.2, 0.25) is 0 Å². The van der Waals surface area contributed by atoms with E-state index in [0.717, 1.165) is 12.1 Å². The molecule has 0 saturated heterocycles. The number of likely N-dealkylation sites (N-methyl/N-ethyl adjacent to an activating group) is 1. The maximum Gasteiger partial charge on any atom is 0.268 e. The van der Waals surface area contributed by atoms with Crippen LogP contribution in [0.1, 0.15) is 25.3 Å². The summed E-state index contributed by atoms with van der Waals surface area (Å²) in [6.45, 7) is 5.26. The van der Waals surface area contributed by atoms with E-state index in [1.807, 2.05) is 32.8 Å². The van der Waals surface area contributed by atoms with E-state index in [4.69, 9.17) is 4.74 Å². The van der Waals surface area contributed by atoms with Crippen LogP contribution in [0.4, 0.5) is 4.39 Å². The van der Waals surface area contributed by atoms with Gasteiger partial charge in [-0.25, -0.2) is 16.8 Å². The van der Waals surface area contributed by atoms with Crippen molar-refractivity contribution in [3.63, 3.8) is 0 Å². The molecule has 1 heterocycles. The molecule has 150 valence electrons. The summed E-state index contributed by atoms with van der Waals surface area (Å²) in [6, 6.07) is 10.6. The van der Waals surface area contributed by atoms with Gasteiger partial charge in [0.15, 0.2) is 0 Å². The van der Waals surface area contributed by atoms with Crippen molar-refractivity contribution in [1.82, 2.24) is 8.87 Å². The largest absolute Gasteiger partial charge is 0.492 e. The Balaban J connectivity index is 2.03. The molecule has 3 rings (SSSR count). The molecule has 0 amide bonds. The molecule has 0 unspecified atom stereocenters. The molecule has 2 aromatic carbocycles. The highest BCUT2D eigenvalue weighted by Gasteiger charge is 2.21. The fourth-order valence-corrected chi connectivity index (χ4v) is 4.40. The molecule has 0 fully saturated rings. The molecular formula is C21H25FN2O3S. The normalized spacial score (nSPS) is 12.2. The Morgan fingerprint density at radius 1 is 1.11 bits per heavy atom. The Kier molecular flexibility index (Phi) is 5.76. The van der Waals surface area contributed by atoms with Gasteiger partial charge in [-0.15, -0.1) is 0 Å². The zero-order valence-electron chi connectivity index (χ0n) is 16.5. The third-order valence-corrected chi connectivity index (χ3v) is 6.26. The van der Waals surface area contributed by atoms with E-state index in [-0.39, 0.29) is 10.8 Å². The molecule has 0 bridgehead atoms. The molecule has 3 aromatic rings. The lowest BCUT2D eigenvalue weighted by molar-refractivity contribution is 0.258. The van der Waals surface area contributed by atoms with Gasteiger partial charge < -0.3 is 9.64 Å². The maximum absolute atomic E-state index is 13.4. The summed E-state index contributed by atoms with van der Waals surface area (Å²) in [7, 11) is 0.0663. The molecule has 0 saturated carbocycles. The molecule has 0 radical (unpaired) electrons. The monoisotopic (exact) mass is 404 g/mol. The molecule has 0 aliphatic carbocycles. The van der Waals surface area contributed by atoms with Crippen molar-refractivity contribution < 1.29 is 17.5 Å². The molecule has 0 aliphatic heterocycles. The number of benzene rings is 2. The van der Waals surface area contributed by atoms with Crippen LogP contribution in [0.5, 0.6) is 5.75 Å². The predicted octanol–water partition coefficient (Wildman–Crippen LogP) is 4.08. The molecule has 0 spiro atoms. The fraction of sp³-hybridized carbons (Fsp3) is 0.333. The van der Waals surface area contributed by atoms with Crippen LogP contribution >= 0.6 is 0 Å². The zero-order chi connectivity index (χ0) is 20.5. The van der Waals surface area contributed by atoms with E-state index < -0.39 is 15.8 Å². The predicted molar refractivity (Wildman–Crippen MR) is 109 cm³/mol. The SMILES string of the molecule is CC(C)c1ccc(S(=O)(=O)n2ccc3cc(F)ccc32)cc1OCCN(C)C. The van der Waals surface area contributed by atoms with Crippen molar-refractivity contribution in [1.29, 1.82) is 0 Å². The second kappa shape index (κ2) is 7.93. The second-order valence-corrected chi connectivity index (χ2v) is 9.14. The third-order valence-electron chi connectivity index (χ3n) is 4.58. The van der Waals surface area contributed by atoms with Crippen molar-refractivity contribution in [3.05, 3.63) is 60.0 Å². The molecule has 7 heteroatoms. The Bertz CT molecular complexity index is 1090. The number of ether oxygens (including phenoxy) is 1. The smallest absolute Gasteiger partial charge is 0.268 e. The number of fused-ring (bicyclic) bond motifs is 1. The van der Waals surface area contributed by atoms with Crippen LogP contribution < -0.4 is 4.74 Å². The van der Waals surface area contributed by atoms with Gasteiger partial charge in [0.1, 0.15) is 18.2 Å². The van der Waals surface area contributed by atoms with Gasteiger partial charge in [0.25, 0.3) is 10.0 Å². The number of hydrogen-bond donors (Lipinski definition) is 0. The van der Waals surface area contributed by atoms with Crippen LogP contribution in [0.3, 0.4) is 0 Å². The van der Waals surface area contributed by atoms with Crippen LogP contribution in [-0.4, -0.2) is 44.5 Å². The van der Waals surface area contributed by atoms with Gasteiger partial charge >= 0.3 is 0 Å². The minimum Gasteiger partial charge on any atom is -0.492 e.